The summed E-state index contributed by atoms with van der Waals surface area (Å²) in [5.41, 5.74) is 11.2. The first-order chi connectivity index (χ1) is 10.1. The highest BCUT2D eigenvalue weighted by Gasteiger charge is 2.27. The molecular weight excluding hydrogens is 320 g/mol. The van der Waals surface area contributed by atoms with Crippen molar-refractivity contribution in [2.45, 2.75) is 26.8 Å². The Balaban J connectivity index is 0.00000484. The first kappa shape index (κ1) is 20.9. The molecule has 0 aromatic heterocycles. The number of nitrogens with one attached hydrogen (secondary N) is 2. The zero-order chi connectivity index (χ0) is 16.9. The minimum Gasteiger partial charge on any atom is -0.368 e. The van der Waals surface area contributed by atoms with Gasteiger partial charge < -0.3 is 22.1 Å². The molecule has 0 aliphatic carbocycles. The lowest BCUT2D eigenvalue weighted by Crippen LogP contribution is -2.45. The molecule has 23 heavy (non-hydrogen) atoms. The number of rotatable bonds is 5. The molecular formula is C15H23ClN4O3. The maximum absolute atomic E-state index is 12.1. The van der Waals surface area contributed by atoms with Crippen molar-refractivity contribution in [3.05, 3.63) is 29.8 Å². The summed E-state index contributed by atoms with van der Waals surface area (Å²) in [5.74, 6) is -1.41. The summed E-state index contributed by atoms with van der Waals surface area (Å²) in [4.78, 5) is 34.5. The molecule has 0 heterocycles. The Kier molecular flexibility index (Phi) is 7.71. The molecule has 1 aromatic carbocycles. The SMILES string of the molecule is CC(C)(C)[C@H](N)C(=O)Nc1cccc(C(=O)NCC(N)=O)c1.Cl. The minimum atomic E-state index is -0.681. The van der Waals surface area contributed by atoms with Gasteiger partial charge in [-0.1, -0.05) is 26.8 Å². The molecule has 0 aliphatic rings. The predicted octanol–water partition coefficient (Wildman–Crippen LogP) is 0.635. The van der Waals surface area contributed by atoms with Gasteiger partial charge in [0.15, 0.2) is 0 Å². The average Bonchev–Trinajstić information content (AvgIpc) is 2.43. The standard InChI is InChI=1S/C15H22N4O3.ClH/c1-15(2,3)12(17)14(22)19-10-6-4-5-9(7-10)13(21)18-8-11(16)20;/h4-7,12H,8,17H2,1-3H3,(H2,16,20)(H,18,21)(H,19,22);1H/t12-;/m1./s1. The van der Waals surface area contributed by atoms with Crippen LogP contribution < -0.4 is 22.1 Å². The van der Waals surface area contributed by atoms with Crippen molar-refractivity contribution in [1.82, 2.24) is 5.32 Å². The lowest BCUT2D eigenvalue weighted by molar-refractivity contribution is -0.119. The van der Waals surface area contributed by atoms with Crippen molar-refractivity contribution >= 4 is 35.8 Å². The van der Waals surface area contributed by atoms with Gasteiger partial charge in [0.1, 0.15) is 0 Å². The molecule has 0 spiro atoms. The van der Waals surface area contributed by atoms with Crippen molar-refractivity contribution < 1.29 is 14.4 Å². The van der Waals surface area contributed by atoms with Crippen LogP contribution in [0, 0.1) is 5.41 Å². The van der Waals surface area contributed by atoms with E-state index in [0.29, 0.717) is 11.3 Å². The summed E-state index contributed by atoms with van der Waals surface area (Å²) >= 11 is 0. The molecule has 0 bridgehead atoms. The molecule has 0 saturated carbocycles. The molecule has 1 atom stereocenters. The third kappa shape index (κ3) is 6.66. The van der Waals surface area contributed by atoms with E-state index in [1.807, 2.05) is 20.8 Å². The van der Waals surface area contributed by atoms with E-state index in [4.69, 9.17) is 11.5 Å². The average molecular weight is 343 g/mol. The molecule has 1 aromatic rings. The number of halogens is 1. The fourth-order valence-electron chi connectivity index (χ4n) is 1.62. The number of hydrogen-bond acceptors (Lipinski definition) is 4. The summed E-state index contributed by atoms with van der Waals surface area (Å²) in [5, 5.41) is 5.05. The number of carbonyl (C=O) groups excluding carboxylic acids is 3. The Morgan fingerprint density at radius 2 is 1.83 bits per heavy atom. The van der Waals surface area contributed by atoms with Crippen LogP contribution >= 0.6 is 12.4 Å². The van der Waals surface area contributed by atoms with Crippen LogP contribution in [0.4, 0.5) is 5.69 Å². The number of anilines is 1. The van der Waals surface area contributed by atoms with Crippen LogP contribution in [0.3, 0.4) is 0 Å². The lowest BCUT2D eigenvalue weighted by atomic mass is 9.87. The quantitative estimate of drug-likeness (QED) is 0.626. The molecule has 128 valence electrons. The third-order valence-electron chi connectivity index (χ3n) is 3.03. The van der Waals surface area contributed by atoms with Gasteiger partial charge in [-0.2, -0.15) is 0 Å². The zero-order valence-electron chi connectivity index (χ0n) is 13.4. The number of nitrogens with two attached hydrogens (primary N) is 2. The normalized spacial score (nSPS) is 11.8. The Hall–Kier alpha value is -2.12. The van der Waals surface area contributed by atoms with Gasteiger partial charge in [-0.25, -0.2) is 0 Å². The van der Waals surface area contributed by atoms with E-state index in [-0.39, 0.29) is 30.3 Å². The zero-order valence-corrected chi connectivity index (χ0v) is 14.2. The number of hydrogen-bond donors (Lipinski definition) is 4. The second-order valence-corrected chi connectivity index (χ2v) is 6.06. The van der Waals surface area contributed by atoms with E-state index < -0.39 is 17.9 Å². The molecule has 0 saturated heterocycles. The summed E-state index contributed by atoms with van der Waals surface area (Å²) in [6, 6.07) is 5.66. The Morgan fingerprint density at radius 1 is 1.22 bits per heavy atom. The van der Waals surface area contributed by atoms with E-state index in [9.17, 15) is 14.4 Å². The van der Waals surface area contributed by atoms with Crippen LogP contribution in [-0.4, -0.2) is 30.3 Å². The largest absolute Gasteiger partial charge is 0.368 e. The van der Waals surface area contributed by atoms with E-state index in [2.05, 4.69) is 10.6 Å². The number of carbonyl (C=O) groups is 3. The van der Waals surface area contributed by atoms with Crippen molar-refractivity contribution in [3.63, 3.8) is 0 Å². The number of primary amides is 1. The van der Waals surface area contributed by atoms with E-state index >= 15 is 0 Å². The third-order valence-corrected chi connectivity index (χ3v) is 3.03. The van der Waals surface area contributed by atoms with Crippen LogP contribution in [0.15, 0.2) is 24.3 Å². The van der Waals surface area contributed by atoms with Gasteiger partial charge in [0.2, 0.25) is 11.8 Å². The minimum absolute atomic E-state index is 0. The smallest absolute Gasteiger partial charge is 0.251 e. The highest BCUT2D eigenvalue weighted by molar-refractivity contribution is 5.99. The molecule has 0 fully saturated rings. The second-order valence-electron chi connectivity index (χ2n) is 6.06. The van der Waals surface area contributed by atoms with Gasteiger partial charge in [-0.05, 0) is 23.6 Å². The van der Waals surface area contributed by atoms with Crippen LogP contribution in [-0.2, 0) is 9.59 Å². The Bertz CT molecular complexity index is 584. The molecule has 0 aliphatic heterocycles. The van der Waals surface area contributed by atoms with Gasteiger partial charge in [0.05, 0.1) is 12.6 Å². The van der Waals surface area contributed by atoms with E-state index in [0.717, 1.165) is 0 Å². The van der Waals surface area contributed by atoms with Crippen LogP contribution in [0.25, 0.3) is 0 Å². The van der Waals surface area contributed by atoms with E-state index in [1.54, 1.807) is 18.2 Å². The number of amides is 3. The van der Waals surface area contributed by atoms with Gasteiger partial charge in [-0.3, -0.25) is 14.4 Å². The summed E-state index contributed by atoms with van der Waals surface area (Å²) in [6.07, 6.45) is 0. The first-order valence-corrected chi connectivity index (χ1v) is 6.84. The first-order valence-electron chi connectivity index (χ1n) is 6.84. The van der Waals surface area contributed by atoms with Gasteiger partial charge in [-0.15, -0.1) is 12.4 Å². The van der Waals surface area contributed by atoms with Crippen molar-refractivity contribution in [1.29, 1.82) is 0 Å². The van der Waals surface area contributed by atoms with E-state index in [1.165, 1.54) is 6.07 Å². The van der Waals surface area contributed by atoms with Crippen molar-refractivity contribution in [2.24, 2.45) is 16.9 Å². The summed E-state index contributed by atoms with van der Waals surface area (Å²) in [7, 11) is 0. The summed E-state index contributed by atoms with van der Waals surface area (Å²) in [6.45, 7) is 5.35. The van der Waals surface area contributed by atoms with Gasteiger partial charge in [0.25, 0.3) is 5.91 Å². The van der Waals surface area contributed by atoms with Gasteiger partial charge >= 0.3 is 0 Å². The fraction of sp³-hybridized carbons (Fsp3) is 0.400. The number of benzene rings is 1. The van der Waals surface area contributed by atoms with Crippen LogP contribution in [0.5, 0.6) is 0 Å². The molecule has 6 N–H and O–H groups in total. The predicted molar refractivity (Wildman–Crippen MR) is 91.3 cm³/mol. The highest BCUT2D eigenvalue weighted by Crippen LogP contribution is 2.19. The monoisotopic (exact) mass is 342 g/mol. The fourth-order valence-corrected chi connectivity index (χ4v) is 1.62. The topological polar surface area (TPSA) is 127 Å². The maximum Gasteiger partial charge on any atom is 0.251 e. The van der Waals surface area contributed by atoms with Crippen molar-refractivity contribution in [2.75, 3.05) is 11.9 Å². The maximum atomic E-state index is 12.1. The highest BCUT2D eigenvalue weighted by atomic mass is 35.5. The lowest BCUT2D eigenvalue weighted by Gasteiger charge is -2.25. The molecule has 8 heteroatoms. The summed E-state index contributed by atoms with van der Waals surface area (Å²) < 4.78 is 0. The Labute approximate surface area is 141 Å². The molecule has 0 unspecified atom stereocenters. The van der Waals surface area contributed by atoms with Gasteiger partial charge in [0, 0.05) is 11.3 Å². The van der Waals surface area contributed by atoms with Crippen molar-refractivity contribution in [3.8, 4) is 0 Å². The second kappa shape index (κ2) is 8.50. The molecule has 7 nitrogen and oxygen atoms in total. The Morgan fingerprint density at radius 3 is 2.35 bits per heavy atom. The van der Waals surface area contributed by atoms with Crippen LogP contribution in [0.1, 0.15) is 31.1 Å². The molecule has 3 amide bonds. The van der Waals surface area contributed by atoms with Crippen LogP contribution in [0.2, 0.25) is 0 Å². The molecule has 1 rings (SSSR count). The molecule has 0 radical (unpaired) electrons.